The molecule has 0 fully saturated rings. The largest absolute Gasteiger partial charge is 0.348 e. The van der Waals surface area contributed by atoms with Crippen molar-refractivity contribution in [2.75, 3.05) is 13.1 Å². The summed E-state index contributed by atoms with van der Waals surface area (Å²) >= 11 is 0. The first-order valence-electron chi connectivity index (χ1n) is 9.67. The average Bonchev–Trinajstić information content (AvgIpc) is 3.24. The minimum Gasteiger partial charge on any atom is -0.348 e. The second-order valence-corrected chi connectivity index (χ2v) is 6.75. The van der Waals surface area contributed by atoms with Crippen LogP contribution in [0.1, 0.15) is 40.9 Å². The van der Waals surface area contributed by atoms with E-state index in [1.807, 2.05) is 42.5 Å². The fraction of sp³-hybridized carbons (Fsp3) is 0.318. The van der Waals surface area contributed by atoms with E-state index in [2.05, 4.69) is 40.2 Å². The van der Waals surface area contributed by atoms with E-state index in [-0.39, 0.29) is 5.91 Å². The molecular weight excluding hydrogens is 350 g/mol. The van der Waals surface area contributed by atoms with E-state index in [1.165, 1.54) is 11.9 Å². The van der Waals surface area contributed by atoms with E-state index >= 15 is 0 Å². The summed E-state index contributed by atoms with van der Waals surface area (Å²) in [5.74, 6) is -0.0592. The molecule has 3 aromatic rings. The molecule has 1 aromatic heterocycles. The zero-order chi connectivity index (χ0) is 19.8. The quantitative estimate of drug-likeness (QED) is 0.622. The minimum absolute atomic E-state index is 0.0592. The molecule has 0 aliphatic carbocycles. The fourth-order valence-corrected chi connectivity index (χ4v) is 3.09. The third-order valence-electron chi connectivity index (χ3n) is 4.77. The molecule has 0 aliphatic heterocycles. The van der Waals surface area contributed by atoms with E-state index in [0.717, 1.165) is 30.8 Å². The van der Waals surface area contributed by atoms with Crippen molar-refractivity contribution in [1.29, 1.82) is 0 Å². The van der Waals surface area contributed by atoms with E-state index < -0.39 is 0 Å². The van der Waals surface area contributed by atoms with Crippen LogP contribution in [-0.4, -0.2) is 38.7 Å². The maximum absolute atomic E-state index is 12.5. The Bertz CT molecular complexity index is 870. The topological polar surface area (TPSA) is 63.1 Å². The van der Waals surface area contributed by atoms with Crippen molar-refractivity contribution in [3.05, 3.63) is 83.4 Å². The first-order valence-corrected chi connectivity index (χ1v) is 9.67. The Morgan fingerprint density at radius 2 is 1.79 bits per heavy atom. The molecule has 3 rings (SSSR count). The Kier molecular flexibility index (Phi) is 6.92. The maximum Gasteiger partial charge on any atom is 0.251 e. The average molecular weight is 377 g/mol. The number of hydrogen-bond acceptors (Lipinski definition) is 4. The summed E-state index contributed by atoms with van der Waals surface area (Å²) in [4.78, 5) is 18.8. The summed E-state index contributed by atoms with van der Waals surface area (Å²) in [5, 5.41) is 7.12. The first-order chi connectivity index (χ1) is 13.7. The molecule has 0 radical (unpaired) electrons. The zero-order valence-corrected chi connectivity index (χ0v) is 16.5. The molecule has 6 nitrogen and oxygen atoms in total. The van der Waals surface area contributed by atoms with Crippen LogP contribution in [0.4, 0.5) is 0 Å². The molecule has 0 unspecified atom stereocenters. The van der Waals surface area contributed by atoms with Crippen molar-refractivity contribution in [1.82, 2.24) is 25.0 Å². The van der Waals surface area contributed by atoms with Gasteiger partial charge in [0.05, 0.1) is 6.54 Å². The number of hydrogen-bond donors (Lipinski definition) is 1. The highest BCUT2D eigenvalue weighted by Crippen LogP contribution is 2.10. The first kappa shape index (κ1) is 19.8. The van der Waals surface area contributed by atoms with Gasteiger partial charge >= 0.3 is 0 Å². The van der Waals surface area contributed by atoms with Gasteiger partial charge < -0.3 is 5.32 Å². The molecule has 1 amide bonds. The Morgan fingerprint density at radius 3 is 2.46 bits per heavy atom. The summed E-state index contributed by atoms with van der Waals surface area (Å²) < 4.78 is 1.78. The van der Waals surface area contributed by atoms with E-state index in [4.69, 9.17) is 0 Å². The van der Waals surface area contributed by atoms with Gasteiger partial charge in [0, 0.05) is 18.7 Å². The van der Waals surface area contributed by atoms with Crippen molar-refractivity contribution in [3.63, 3.8) is 0 Å². The van der Waals surface area contributed by atoms with Crippen LogP contribution in [0.5, 0.6) is 0 Å². The number of carbonyl (C=O) groups is 1. The zero-order valence-electron chi connectivity index (χ0n) is 16.5. The Labute approximate surface area is 166 Å². The predicted octanol–water partition coefficient (Wildman–Crippen LogP) is 3.10. The summed E-state index contributed by atoms with van der Waals surface area (Å²) in [6, 6.07) is 16.0. The number of nitrogens with one attached hydrogen (secondary N) is 1. The SMILES string of the molecule is CCN(CC)Cc1ccc(C(=O)NCc2cccc(Cn3cncn3)c2)cc1. The summed E-state index contributed by atoms with van der Waals surface area (Å²) in [6.07, 6.45) is 3.22. The van der Waals surface area contributed by atoms with Crippen LogP contribution in [0, 0.1) is 0 Å². The fourth-order valence-electron chi connectivity index (χ4n) is 3.09. The number of carbonyl (C=O) groups excluding carboxylic acids is 1. The molecule has 0 aliphatic rings. The van der Waals surface area contributed by atoms with Gasteiger partial charge in [0.2, 0.25) is 0 Å². The Morgan fingerprint density at radius 1 is 1.04 bits per heavy atom. The van der Waals surface area contributed by atoms with Gasteiger partial charge in [0.1, 0.15) is 12.7 Å². The highest BCUT2D eigenvalue weighted by atomic mass is 16.1. The highest BCUT2D eigenvalue weighted by Gasteiger charge is 2.07. The molecular formula is C22H27N5O. The lowest BCUT2D eigenvalue weighted by molar-refractivity contribution is 0.0951. The molecule has 6 heteroatoms. The van der Waals surface area contributed by atoms with E-state index in [9.17, 15) is 4.79 Å². The van der Waals surface area contributed by atoms with Gasteiger partial charge in [0.15, 0.2) is 0 Å². The van der Waals surface area contributed by atoms with Crippen molar-refractivity contribution < 1.29 is 4.79 Å². The molecule has 1 heterocycles. The van der Waals surface area contributed by atoms with Gasteiger partial charge in [-0.15, -0.1) is 0 Å². The van der Waals surface area contributed by atoms with Crippen LogP contribution in [0.15, 0.2) is 61.2 Å². The van der Waals surface area contributed by atoms with Gasteiger partial charge in [-0.25, -0.2) is 9.67 Å². The Hall–Kier alpha value is -2.99. The van der Waals surface area contributed by atoms with Gasteiger partial charge in [0.25, 0.3) is 5.91 Å². The van der Waals surface area contributed by atoms with Gasteiger partial charge in [-0.2, -0.15) is 5.10 Å². The standard InChI is InChI=1S/C22H27N5O/c1-3-26(4-2)14-18-8-10-21(11-9-18)22(28)24-13-19-6-5-7-20(12-19)15-27-17-23-16-25-27/h5-12,16-17H,3-4,13-15H2,1-2H3,(H,24,28). The van der Waals surface area contributed by atoms with E-state index in [0.29, 0.717) is 18.7 Å². The summed E-state index contributed by atoms with van der Waals surface area (Å²) in [6.45, 7) is 8.43. The highest BCUT2D eigenvalue weighted by molar-refractivity contribution is 5.94. The minimum atomic E-state index is -0.0592. The lowest BCUT2D eigenvalue weighted by atomic mass is 10.1. The third kappa shape index (κ3) is 5.50. The second-order valence-electron chi connectivity index (χ2n) is 6.75. The van der Waals surface area contributed by atoms with Crippen LogP contribution in [-0.2, 0) is 19.6 Å². The molecule has 0 saturated carbocycles. The molecule has 0 spiro atoms. The van der Waals surface area contributed by atoms with Crippen LogP contribution in [0.25, 0.3) is 0 Å². The molecule has 28 heavy (non-hydrogen) atoms. The van der Waals surface area contributed by atoms with Gasteiger partial charge in [-0.1, -0.05) is 50.2 Å². The van der Waals surface area contributed by atoms with Crippen LogP contribution in [0.3, 0.4) is 0 Å². The number of rotatable bonds is 9. The van der Waals surface area contributed by atoms with Crippen LogP contribution in [0.2, 0.25) is 0 Å². The van der Waals surface area contributed by atoms with Crippen molar-refractivity contribution >= 4 is 5.91 Å². The van der Waals surface area contributed by atoms with Crippen molar-refractivity contribution in [2.45, 2.75) is 33.5 Å². The molecule has 0 bridgehead atoms. The lowest BCUT2D eigenvalue weighted by Crippen LogP contribution is -2.23. The molecule has 0 saturated heterocycles. The number of amides is 1. The molecule has 0 atom stereocenters. The number of aromatic nitrogens is 3. The predicted molar refractivity (Wildman–Crippen MR) is 110 cm³/mol. The number of nitrogens with zero attached hydrogens (tertiary/aromatic N) is 4. The van der Waals surface area contributed by atoms with Crippen LogP contribution >= 0.6 is 0 Å². The van der Waals surface area contributed by atoms with Gasteiger partial charge in [-0.3, -0.25) is 9.69 Å². The monoisotopic (exact) mass is 377 g/mol. The molecule has 1 N–H and O–H groups in total. The van der Waals surface area contributed by atoms with Gasteiger partial charge in [-0.05, 0) is 41.9 Å². The van der Waals surface area contributed by atoms with Crippen LogP contribution < -0.4 is 5.32 Å². The smallest absolute Gasteiger partial charge is 0.251 e. The summed E-state index contributed by atoms with van der Waals surface area (Å²) in [5.41, 5.74) is 4.09. The lowest BCUT2D eigenvalue weighted by Gasteiger charge is -2.18. The normalized spacial score (nSPS) is 11.0. The maximum atomic E-state index is 12.5. The molecule has 146 valence electrons. The van der Waals surface area contributed by atoms with Crippen molar-refractivity contribution in [3.8, 4) is 0 Å². The van der Waals surface area contributed by atoms with Crippen molar-refractivity contribution in [2.24, 2.45) is 0 Å². The molecule has 2 aromatic carbocycles. The number of benzene rings is 2. The Balaban J connectivity index is 1.55. The third-order valence-corrected chi connectivity index (χ3v) is 4.77. The second kappa shape index (κ2) is 9.80. The van der Waals surface area contributed by atoms with E-state index in [1.54, 1.807) is 11.0 Å². The summed E-state index contributed by atoms with van der Waals surface area (Å²) in [7, 11) is 0.